The zero-order valence-electron chi connectivity index (χ0n) is 11.8. The Morgan fingerprint density at radius 1 is 1.25 bits per heavy atom. The SMILES string of the molecule is CC(C)[C@H]1C(=O)N[C@@H](C)c2nc3ccccc3c(=O)n21. The molecule has 0 saturated carbocycles. The monoisotopic (exact) mass is 271 g/mol. The van der Waals surface area contributed by atoms with Crippen LogP contribution in [0.15, 0.2) is 29.1 Å². The molecule has 2 heterocycles. The van der Waals surface area contributed by atoms with Gasteiger partial charge in [0.05, 0.1) is 16.9 Å². The minimum Gasteiger partial charge on any atom is -0.345 e. The van der Waals surface area contributed by atoms with Crippen molar-refractivity contribution in [3.63, 3.8) is 0 Å². The number of nitrogens with zero attached hydrogens (tertiary/aromatic N) is 2. The lowest BCUT2D eigenvalue weighted by Crippen LogP contribution is -2.48. The second kappa shape index (κ2) is 4.44. The molecular formula is C15H17N3O2. The summed E-state index contributed by atoms with van der Waals surface area (Å²) in [6, 6.07) is 6.51. The molecule has 5 nitrogen and oxygen atoms in total. The molecule has 104 valence electrons. The predicted octanol–water partition coefficient (Wildman–Crippen LogP) is 1.78. The molecule has 1 aromatic carbocycles. The second-order valence-corrected chi connectivity index (χ2v) is 5.58. The normalized spacial score (nSPS) is 21.9. The average Bonchev–Trinajstić information content (AvgIpc) is 2.40. The molecule has 0 radical (unpaired) electrons. The summed E-state index contributed by atoms with van der Waals surface area (Å²) in [6.45, 7) is 5.72. The number of carbonyl (C=O) groups is 1. The van der Waals surface area contributed by atoms with Crippen molar-refractivity contribution in [2.24, 2.45) is 5.92 Å². The van der Waals surface area contributed by atoms with Gasteiger partial charge in [-0.3, -0.25) is 14.2 Å². The van der Waals surface area contributed by atoms with Gasteiger partial charge in [-0.05, 0) is 25.0 Å². The third-order valence-electron chi connectivity index (χ3n) is 3.76. The van der Waals surface area contributed by atoms with Crippen LogP contribution in [0.5, 0.6) is 0 Å². The lowest BCUT2D eigenvalue weighted by atomic mass is 9.99. The van der Waals surface area contributed by atoms with E-state index in [-0.39, 0.29) is 23.4 Å². The zero-order chi connectivity index (χ0) is 14.4. The van der Waals surface area contributed by atoms with E-state index in [1.165, 1.54) is 0 Å². The third-order valence-corrected chi connectivity index (χ3v) is 3.76. The van der Waals surface area contributed by atoms with E-state index in [0.717, 1.165) is 0 Å². The molecule has 0 saturated heterocycles. The lowest BCUT2D eigenvalue weighted by molar-refractivity contribution is -0.127. The summed E-state index contributed by atoms with van der Waals surface area (Å²) in [5, 5.41) is 3.46. The zero-order valence-corrected chi connectivity index (χ0v) is 11.8. The van der Waals surface area contributed by atoms with Crippen LogP contribution in [0.3, 0.4) is 0 Å². The van der Waals surface area contributed by atoms with E-state index in [1.54, 1.807) is 10.6 Å². The lowest BCUT2D eigenvalue weighted by Gasteiger charge is -2.33. The van der Waals surface area contributed by atoms with E-state index in [0.29, 0.717) is 16.7 Å². The number of para-hydroxylation sites is 1. The van der Waals surface area contributed by atoms with Crippen molar-refractivity contribution in [2.45, 2.75) is 32.9 Å². The number of rotatable bonds is 1. The van der Waals surface area contributed by atoms with Crippen LogP contribution >= 0.6 is 0 Å². The summed E-state index contributed by atoms with van der Waals surface area (Å²) < 4.78 is 1.57. The molecular weight excluding hydrogens is 254 g/mol. The number of fused-ring (bicyclic) bond motifs is 2. The summed E-state index contributed by atoms with van der Waals surface area (Å²) in [6.07, 6.45) is 0. The van der Waals surface area contributed by atoms with E-state index in [4.69, 9.17) is 0 Å². The maximum atomic E-state index is 12.7. The van der Waals surface area contributed by atoms with Crippen LogP contribution in [0.25, 0.3) is 10.9 Å². The molecule has 1 amide bonds. The summed E-state index contributed by atoms with van der Waals surface area (Å²) >= 11 is 0. The molecule has 1 aliphatic heterocycles. The van der Waals surface area contributed by atoms with E-state index >= 15 is 0 Å². The van der Waals surface area contributed by atoms with Crippen molar-refractivity contribution < 1.29 is 4.79 Å². The van der Waals surface area contributed by atoms with Crippen LogP contribution in [-0.2, 0) is 4.79 Å². The summed E-state index contributed by atoms with van der Waals surface area (Å²) in [5.41, 5.74) is 0.542. The average molecular weight is 271 g/mol. The standard InChI is InChI=1S/C15H17N3O2/c1-8(2)12-14(19)16-9(3)13-17-11-7-5-4-6-10(11)15(20)18(12)13/h4-9,12H,1-3H3,(H,16,19)/t9-,12-/m0/s1. The number of nitrogens with one attached hydrogen (secondary N) is 1. The highest BCUT2D eigenvalue weighted by Crippen LogP contribution is 2.27. The largest absolute Gasteiger partial charge is 0.345 e. The van der Waals surface area contributed by atoms with Gasteiger partial charge in [0.1, 0.15) is 11.9 Å². The Morgan fingerprint density at radius 2 is 1.95 bits per heavy atom. The Balaban J connectivity index is 2.39. The van der Waals surface area contributed by atoms with E-state index in [1.807, 2.05) is 39.0 Å². The van der Waals surface area contributed by atoms with Gasteiger partial charge < -0.3 is 5.32 Å². The molecule has 1 N–H and O–H groups in total. The third kappa shape index (κ3) is 1.73. The minimum atomic E-state index is -0.495. The van der Waals surface area contributed by atoms with Crippen molar-refractivity contribution in [3.8, 4) is 0 Å². The Morgan fingerprint density at radius 3 is 2.65 bits per heavy atom. The van der Waals surface area contributed by atoms with Gasteiger partial charge in [-0.2, -0.15) is 0 Å². The van der Waals surface area contributed by atoms with Gasteiger partial charge in [0.25, 0.3) is 5.56 Å². The summed E-state index contributed by atoms with van der Waals surface area (Å²) in [4.78, 5) is 29.5. The van der Waals surface area contributed by atoms with Crippen molar-refractivity contribution >= 4 is 16.8 Å². The Hall–Kier alpha value is -2.17. The number of carbonyl (C=O) groups excluding carboxylic acids is 1. The number of amides is 1. The Labute approximate surface area is 116 Å². The van der Waals surface area contributed by atoms with E-state index < -0.39 is 6.04 Å². The Kier molecular flexibility index (Phi) is 2.85. The predicted molar refractivity (Wildman–Crippen MR) is 76.4 cm³/mol. The highest BCUT2D eigenvalue weighted by Gasteiger charge is 2.35. The number of aromatic nitrogens is 2. The first-order chi connectivity index (χ1) is 9.50. The molecule has 0 spiro atoms. The van der Waals surface area contributed by atoms with Crippen molar-refractivity contribution in [2.75, 3.05) is 0 Å². The molecule has 0 aliphatic carbocycles. The highest BCUT2D eigenvalue weighted by molar-refractivity contribution is 5.84. The maximum absolute atomic E-state index is 12.7. The van der Waals surface area contributed by atoms with E-state index in [9.17, 15) is 9.59 Å². The fourth-order valence-electron chi connectivity index (χ4n) is 2.82. The smallest absolute Gasteiger partial charge is 0.262 e. The van der Waals surface area contributed by atoms with Gasteiger partial charge in [0, 0.05) is 0 Å². The van der Waals surface area contributed by atoms with Crippen LogP contribution in [0.1, 0.15) is 38.7 Å². The topological polar surface area (TPSA) is 64.0 Å². The Bertz CT molecular complexity index is 748. The van der Waals surface area contributed by atoms with Crippen molar-refractivity contribution in [1.82, 2.24) is 14.9 Å². The molecule has 1 aliphatic rings. The summed E-state index contributed by atoms with van der Waals surface area (Å²) in [5.74, 6) is 0.549. The van der Waals surface area contributed by atoms with Gasteiger partial charge in [0.15, 0.2) is 0 Å². The summed E-state index contributed by atoms with van der Waals surface area (Å²) in [7, 11) is 0. The molecule has 5 heteroatoms. The molecule has 0 unspecified atom stereocenters. The van der Waals surface area contributed by atoms with Gasteiger partial charge in [-0.1, -0.05) is 26.0 Å². The maximum Gasteiger partial charge on any atom is 0.262 e. The first-order valence-corrected chi connectivity index (χ1v) is 6.82. The molecule has 1 aromatic heterocycles. The second-order valence-electron chi connectivity index (χ2n) is 5.58. The van der Waals surface area contributed by atoms with Gasteiger partial charge in [0.2, 0.25) is 5.91 Å². The molecule has 0 fully saturated rings. The van der Waals surface area contributed by atoms with Crippen molar-refractivity contribution in [3.05, 3.63) is 40.4 Å². The minimum absolute atomic E-state index is 0.0295. The van der Waals surface area contributed by atoms with E-state index in [2.05, 4.69) is 10.3 Å². The molecule has 2 atom stereocenters. The van der Waals surface area contributed by atoms with Gasteiger partial charge in [-0.25, -0.2) is 4.98 Å². The molecule has 0 bridgehead atoms. The van der Waals surface area contributed by atoms with Crippen LogP contribution < -0.4 is 10.9 Å². The highest BCUT2D eigenvalue weighted by atomic mass is 16.2. The quantitative estimate of drug-likeness (QED) is 0.860. The van der Waals surface area contributed by atoms with Crippen LogP contribution in [0.4, 0.5) is 0 Å². The molecule has 3 rings (SSSR count). The van der Waals surface area contributed by atoms with Gasteiger partial charge in [-0.15, -0.1) is 0 Å². The molecule has 20 heavy (non-hydrogen) atoms. The number of hydrogen-bond acceptors (Lipinski definition) is 3. The van der Waals surface area contributed by atoms with Crippen LogP contribution in [0, 0.1) is 5.92 Å². The molecule has 2 aromatic rings. The van der Waals surface area contributed by atoms with Crippen LogP contribution in [0.2, 0.25) is 0 Å². The number of benzene rings is 1. The van der Waals surface area contributed by atoms with Gasteiger partial charge >= 0.3 is 0 Å². The van der Waals surface area contributed by atoms with Crippen molar-refractivity contribution in [1.29, 1.82) is 0 Å². The first-order valence-electron chi connectivity index (χ1n) is 6.82. The number of hydrogen-bond donors (Lipinski definition) is 1. The van der Waals surface area contributed by atoms with Crippen LogP contribution in [-0.4, -0.2) is 15.5 Å². The fraction of sp³-hybridized carbons (Fsp3) is 0.400. The fourth-order valence-corrected chi connectivity index (χ4v) is 2.82. The first kappa shape index (κ1) is 12.8.